The molecule has 5 nitrogen and oxygen atoms in total. The van der Waals surface area contributed by atoms with Crippen molar-refractivity contribution in [2.45, 2.75) is 38.2 Å². The summed E-state index contributed by atoms with van der Waals surface area (Å²) in [5.41, 5.74) is -0.620. The van der Waals surface area contributed by atoms with Crippen molar-refractivity contribution in [2.24, 2.45) is 5.92 Å². The number of fused-ring (bicyclic) bond motifs is 1. The molecule has 1 fully saturated rings. The van der Waals surface area contributed by atoms with Crippen LogP contribution in [-0.4, -0.2) is 34.3 Å². The third kappa shape index (κ3) is 3.11. The van der Waals surface area contributed by atoms with Gasteiger partial charge in [0.1, 0.15) is 10.6 Å². The molecule has 2 aromatic heterocycles. The van der Waals surface area contributed by atoms with Gasteiger partial charge in [0, 0.05) is 13.6 Å². The summed E-state index contributed by atoms with van der Waals surface area (Å²) >= 11 is 1.60. The van der Waals surface area contributed by atoms with Gasteiger partial charge in [0.05, 0.1) is 11.0 Å². The highest BCUT2D eigenvalue weighted by molar-refractivity contribution is 7.16. The van der Waals surface area contributed by atoms with Crippen molar-refractivity contribution in [3.8, 4) is 0 Å². The number of rotatable bonds is 4. The maximum atomic E-state index is 10.7. The molecule has 3 rings (SSSR count). The van der Waals surface area contributed by atoms with Crippen LogP contribution in [0.15, 0.2) is 11.4 Å². The second kappa shape index (κ2) is 5.77. The molecular weight excluding hydrogens is 284 g/mol. The van der Waals surface area contributed by atoms with Crippen LogP contribution in [0.25, 0.3) is 10.2 Å². The molecule has 0 bridgehead atoms. The van der Waals surface area contributed by atoms with Crippen LogP contribution in [-0.2, 0) is 0 Å². The van der Waals surface area contributed by atoms with E-state index in [0.29, 0.717) is 18.4 Å². The van der Waals surface area contributed by atoms with E-state index in [2.05, 4.69) is 27.5 Å². The third-order valence-electron chi connectivity index (χ3n) is 4.20. The monoisotopic (exact) mass is 306 g/mol. The van der Waals surface area contributed by atoms with E-state index in [4.69, 9.17) is 0 Å². The second-order valence-electron chi connectivity index (χ2n) is 6.06. The lowest BCUT2D eigenvalue weighted by Gasteiger charge is -2.35. The van der Waals surface area contributed by atoms with Crippen LogP contribution in [0.3, 0.4) is 0 Å². The summed E-state index contributed by atoms with van der Waals surface area (Å²) in [5, 5.41) is 20.1. The Morgan fingerprint density at radius 1 is 1.48 bits per heavy atom. The molecule has 1 aliphatic carbocycles. The molecule has 0 spiro atoms. The first-order valence-corrected chi connectivity index (χ1v) is 8.37. The zero-order valence-corrected chi connectivity index (χ0v) is 13.3. The van der Waals surface area contributed by atoms with Crippen LogP contribution in [0.2, 0.25) is 0 Å². The maximum absolute atomic E-state index is 10.7. The summed E-state index contributed by atoms with van der Waals surface area (Å²) in [6, 6.07) is 2.02. The average molecular weight is 306 g/mol. The minimum absolute atomic E-state index is 0.544. The predicted octanol–water partition coefficient (Wildman–Crippen LogP) is 3.09. The van der Waals surface area contributed by atoms with Gasteiger partial charge < -0.3 is 15.7 Å². The lowest BCUT2D eigenvalue weighted by molar-refractivity contribution is -0.000801. The summed E-state index contributed by atoms with van der Waals surface area (Å²) < 4.78 is 0. The van der Waals surface area contributed by atoms with Gasteiger partial charge in [-0.15, -0.1) is 11.3 Å². The molecule has 1 saturated carbocycles. The number of hydrogen-bond donors (Lipinski definition) is 3. The lowest BCUT2D eigenvalue weighted by Crippen LogP contribution is -2.41. The minimum atomic E-state index is -0.620. The molecule has 1 aliphatic rings. The van der Waals surface area contributed by atoms with E-state index in [9.17, 15) is 5.11 Å². The van der Waals surface area contributed by atoms with E-state index in [1.807, 2.05) is 18.5 Å². The van der Waals surface area contributed by atoms with Crippen molar-refractivity contribution in [1.82, 2.24) is 9.97 Å². The molecule has 0 saturated heterocycles. The highest BCUT2D eigenvalue weighted by Gasteiger charge is 2.32. The highest BCUT2D eigenvalue weighted by atomic mass is 32.1. The molecule has 2 atom stereocenters. The maximum Gasteiger partial charge on any atom is 0.225 e. The molecule has 0 aliphatic heterocycles. The summed E-state index contributed by atoms with van der Waals surface area (Å²) in [4.78, 5) is 9.88. The van der Waals surface area contributed by atoms with Crippen molar-refractivity contribution in [2.75, 3.05) is 24.2 Å². The Morgan fingerprint density at radius 2 is 2.33 bits per heavy atom. The van der Waals surface area contributed by atoms with Gasteiger partial charge in [0.15, 0.2) is 0 Å². The molecule has 2 heterocycles. The minimum Gasteiger partial charge on any atom is -0.388 e. The smallest absolute Gasteiger partial charge is 0.225 e. The SMILES string of the molecule is CNc1nc(NCC2(O)CCCC(C)C2)c2ccsc2n1. The quantitative estimate of drug-likeness (QED) is 0.810. The van der Waals surface area contributed by atoms with Crippen molar-refractivity contribution < 1.29 is 5.11 Å². The fourth-order valence-corrected chi connectivity index (χ4v) is 3.91. The van der Waals surface area contributed by atoms with Gasteiger partial charge >= 0.3 is 0 Å². The van der Waals surface area contributed by atoms with Gasteiger partial charge in [-0.1, -0.05) is 19.8 Å². The first-order chi connectivity index (χ1) is 10.1. The van der Waals surface area contributed by atoms with Crippen LogP contribution < -0.4 is 10.6 Å². The van der Waals surface area contributed by atoms with E-state index in [-0.39, 0.29) is 0 Å². The number of thiophene rings is 1. The predicted molar refractivity (Wildman–Crippen MR) is 88.0 cm³/mol. The van der Waals surface area contributed by atoms with Crippen LogP contribution in [0.5, 0.6) is 0 Å². The van der Waals surface area contributed by atoms with E-state index >= 15 is 0 Å². The molecule has 0 radical (unpaired) electrons. The van der Waals surface area contributed by atoms with Crippen molar-refractivity contribution in [1.29, 1.82) is 0 Å². The average Bonchev–Trinajstić information content (AvgIpc) is 2.92. The summed E-state index contributed by atoms with van der Waals surface area (Å²) in [6.45, 7) is 2.76. The van der Waals surface area contributed by atoms with Gasteiger partial charge in [0.25, 0.3) is 0 Å². The number of aromatic nitrogens is 2. The van der Waals surface area contributed by atoms with Crippen molar-refractivity contribution >= 4 is 33.3 Å². The Morgan fingerprint density at radius 3 is 3.10 bits per heavy atom. The summed E-state index contributed by atoms with van der Waals surface area (Å²) in [7, 11) is 1.81. The molecule has 114 valence electrons. The first kappa shape index (κ1) is 14.5. The van der Waals surface area contributed by atoms with Gasteiger partial charge in [-0.05, 0) is 30.2 Å². The Labute approximate surface area is 128 Å². The lowest BCUT2D eigenvalue weighted by atomic mass is 9.79. The van der Waals surface area contributed by atoms with E-state index < -0.39 is 5.60 Å². The van der Waals surface area contributed by atoms with E-state index in [0.717, 1.165) is 35.3 Å². The van der Waals surface area contributed by atoms with Crippen LogP contribution in [0.4, 0.5) is 11.8 Å². The third-order valence-corrected chi connectivity index (χ3v) is 5.01. The van der Waals surface area contributed by atoms with Crippen LogP contribution >= 0.6 is 11.3 Å². The normalized spacial score (nSPS) is 26.0. The van der Waals surface area contributed by atoms with E-state index in [1.54, 1.807) is 11.3 Å². The number of hydrogen-bond acceptors (Lipinski definition) is 6. The fraction of sp³-hybridized carbons (Fsp3) is 0.600. The van der Waals surface area contributed by atoms with Gasteiger partial charge in [-0.25, -0.2) is 4.98 Å². The number of nitrogens with one attached hydrogen (secondary N) is 2. The van der Waals surface area contributed by atoms with Gasteiger partial charge in [-0.3, -0.25) is 0 Å². The standard InChI is InChI=1S/C15H22N4OS/c1-10-4-3-6-15(20,8-10)9-17-12-11-5-7-21-13(11)19-14(16-2)18-12/h5,7,10,20H,3-4,6,8-9H2,1-2H3,(H2,16,17,18,19). The zero-order valence-electron chi connectivity index (χ0n) is 12.5. The van der Waals surface area contributed by atoms with Crippen LogP contribution in [0.1, 0.15) is 32.6 Å². The largest absolute Gasteiger partial charge is 0.388 e. The molecule has 2 unspecified atom stereocenters. The molecule has 21 heavy (non-hydrogen) atoms. The molecule has 0 aromatic carbocycles. The number of nitrogens with zero attached hydrogens (tertiary/aromatic N) is 2. The Bertz CT molecular complexity index is 629. The van der Waals surface area contributed by atoms with Gasteiger partial charge in [-0.2, -0.15) is 4.98 Å². The fourth-order valence-electron chi connectivity index (χ4n) is 3.14. The second-order valence-corrected chi connectivity index (χ2v) is 6.96. The molecule has 0 amide bonds. The van der Waals surface area contributed by atoms with Gasteiger partial charge in [0.2, 0.25) is 5.95 Å². The summed E-state index contributed by atoms with van der Waals surface area (Å²) in [5.74, 6) is 2.00. The van der Waals surface area contributed by atoms with Crippen LogP contribution in [0, 0.1) is 5.92 Å². The molecule has 3 N–H and O–H groups in total. The Balaban J connectivity index is 1.79. The molecule has 6 heteroatoms. The highest BCUT2D eigenvalue weighted by Crippen LogP contribution is 2.33. The molecular formula is C15H22N4OS. The zero-order chi connectivity index (χ0) is 14.9. The number of anilines is 2. The molecule has 2 aromatic rings. The van der Waals surface area contributed by atoms with E-state index in [1.165, 1.54) is 6.42 Å². The Kier molecular flexibility index (Phi) is 3.99. The Hall–Kier alpha value is -1.40. The topological polar surface area (TPSA) is 70.1 Å². The van der Waals surface area contributed by atoms with Crippen molar-refractivity contribution in [3.63, 3.8) is 0 Å². The first-order valence-electron chi connectivity index (χ1n) is 7.49. The van der Waals surface area contributed by atoms with Crippen molar-refractivity contribution in [3.05, 3.63) is 11.4 Å². The number of aliphatic hydroxyl groups is 1. The summed E-state index contributed by atoms with van der Waals surface area (Å²) in [6.07, 6.45) is 4.03.